The first-order valence-corrected chi connectivity index (χ1v) is 9.24. The van der Waals surface area contributed by atoms with Gasteiger partial charge in [-0.15, -0.1) is 0 Å². The fraction of sp³-hybridized carbons (Fsp3) is 0.263. The highest BCUT2D eigenvalue weighted by Gasteiger charge is 2.16. The smallest absolute Gasteiger partial charge is 0.252 e. The minimum absolute atomic E-state index is 0.301. The van der Waals surface area contributed by atoms with Gasteiger partial charge in [0.2, 0.25) is 5.82 Å². The van der Waals surface area contributed by atoms with E-state index in [2.05, 4.69) is 32.7 Å². The van der Waals surface area contributed by atoms with Gasteiger partial charge in [0.1, 0.15) is 13.2 Å². The summed E-state index contributed by atoms with van der Waals surface area (Å²) in [6.07, 6.45) is 0. The molecule has 0 fully saturated rings. The van der Waals surface area contributed by atoms with Gasteiger partial charge in [0, 0.05) is 15.7 Å². The van der Waals surface area contributed by atoms with Gasteiger partial charge in [-0.3, -0.25) is 0 Å². The lowest BCUT2D eigenvalue weighted by Gasteiger charge is -2.13. The SMILES string of the molecule is CCOCc1nc(-c2cc(OC)c(OCc3ccccc3)cc2I)no1. The van der Waals surface area contributed by atoms with Crippen LogP contribution in [0.3, 0.4) is 0 Å². The average molecular weight is 466 g/mol. The van der Waals surface area contributed by atoms with Gasteiger partial charge in [-0.05, 0) is 47.2 Å². The summed E-state index contributed by atoms with van der Waals surface area (Å²) in [6, 6.07) is 13.8. The van der Waals surface area contributed by atoms with Crippen molar-refractivity contribution in [2.45, 2.75) is 20.1 Å². The van der Waals surface area contributed by atoms with E-state index < -0.39 is 0 Å². The summed E-state index contributed by atoms with van der Waals surface area (Å²) in [5, 5.41) is 4.03. The van der Waals surface area contributed by atoms with Crippen LogP contribution in [0.2, 0.25) is 0 Å². The van der Waals surface area contributed by atoms with Crippen molar-refractivity contribution in [3.63, 3.8) is 0 Å². The molecular weight excluding hydrogens is 447 g/mol. The standard InChI is InChI=1S/C19H19IN2O4/c1-3-24-12-18-21-19(22-26-18)14-9-16(23-2)17(10-15(14)20)25-11-13-7-5-4-6-8-13/h4-10H,3,11-12H2,1-2H3. The average Bonchev–Trinajstić information content (AvgIpc) is 3.14. The number of aromatic nitrogens is 2. The van der Waals surface area contributed by atoms with Crippen LogP contribution >= 0.6 is 22.6 Å². The van der Waals surface area contributed by atoms with Crippen molar-refractivity contribution in [2.24, 2.45) is 0 Å². The molecule has 0 aliphatic heterocycles. The van der Waals surface area contributed by atoms with Gasteiger partial charge in [-0.2, -0.15) is 4.98 Å². The van der Waals surface area contributed by atoms with E-state index in [4.69, 9.17) is 18.7 Å². The molecule has 0 saturated heterocycles. The van der Waals surface area contributed by atoms with Crippen molar-refractivity contribution in [1.29, 1.82) is 0 Å². The molecule has 26 heavy (non-hydrogen) atoms. The number of methoxy groups -OCH3 is 1. The lowest BCUT2D eigenvalue weighted by Crippen LogP contribution is -1.99. The Kier molecular flexibility index (Phi) is 6.45. The number of hydrogen-bond acceptors (Lipinski definition) is 6. The van der Waals surface area contributed by atoms with Crippen LogP contribution in [0.4, 0.5) is 0 Å². The molecule has 0 unspecified atom stereocenters. The molecule has 6 nitrogen and oxygen atoms in total. The van der Waals surface area contributed by atoms with E-state index in [-0.39, 0.29) is 0 Å². The normalized spacial score (nSPS) is 10.7. The second kappa shape index (κ2) is 9.00. The maximum absolute atomic E-state index is 5.93. The molecule has 1 aromatic heterocycles. The molecule has 0 aliphatic carbocycles. The molecule has 3 aromatic rings. The number of ether oxygens (including phenoxy) is 3. The van der Waals surface area contributed by atoms with E-state index in [0.717, 1.165) is 14.7 Å². The lowest BCUT2D eigenvalue weighted by atomic mass is 10.2. The van der Waals surface area contributed by atoms with Gasteiger partial charge in [-0.1, -0.05) is 35.5 Å². The Balaban J connectivity index is 1.81. The quantitative estimate of drug-likeness (QED) is 0.457. The molecule has 0 N–H and O–H groups in total. The van der Waals surface area contributed by atoms with Crippen molar-refractivity contribution in [3.05, 3.63) is 57.5 Å². The summed E-state index contributed by atoms with van der Waals surface area (Å²) in [7, 11) is 1.61. The largest absolute Gasteiger partial charge is 0.493 e. The van der Waals surface area contributed by atoms with Crippen molar-refractivity contribution in [2.75, 3.05) is 13.7 Å². The van der Waals surface area contributed by atoms with Crippen LogP contribution in [-0.2, 0) is 18.0 Å². The predicted molar refractivity (Wildman–Crippen MR) is 105 cm³/mol. The molecule has 0 atom stereocenters. The van der Waals surface area contributed by atoms with Gasteiger partial charge in [-0.25, -0.2) is 0 Å². The molecule has 0 radical (unpaired) electrons. The van der Waals surface area contributed by atoms with Gasteiger partial charge in [0.15, 0.2) is 11.5 Å². The highest BCUT2D eigenvalue weighted by molar-refractivity contribution is 14.1. The third-order valence-electron chi connectivity index (χ3n) is 3.63. The molecular formula is C19H19IN2O4. The van der Waals surface area contributed by atoms with Gasteiger partial charge >= 0.3 is 0 Å². The molecule has 0 saturated carbocycles. The van der Waals surface area contributed by atoms with E-state index in [9.17, 15) is 0 Å². The number of halogens is 1. The number of hydrogen-bond donors (Lipinski definition) is 0. The van der Waals surface area contributed by atoms with Gasteiger partial charge in [0.25, 0.3) is 5.89 Å². The first-order valence-electron chi connectivity index (χ1n) is 8.16. The van der Waals surface area contributed by atoms with Crippen LogP contribution in [0.15, 0.2) is 47.0 Å². The molecule has 0 bridgehead atoms. The van der Waals surface area contributed by atoms with Crippen molar-refractivity contribution in [1.82, 2.24) is 10.1 Å². The first kappa shape index (κ1) is 18.7. The maximum Gasteiger partial charge on any atom is 0.252 e. The van der Waals surface area contributed by atoms with Crippen LogP contribution in [0.5, 0.6) is 11.5 Å². The summed E-state index contributed by atoms with van der Waals surface area (Å²) in [6.45, 7) is 3.28. The van der Waals surface area contributed by atoms with E-state index in [1.807, 2.05) is 49.4 Å². The summed E-state index contributed by atoms with van der Waals surface area (Å²) < 4.78 is 22.9. The predicted octanol–water partition coefficient (Wildman–Crippen LogP) is 4.47. The Labute approximate surface area is 165 Å². The molecule has 0 spiro atoms. The third kappa shape index (κ3) is 4.53. The van der Waals surface area contributed by atoms with Gasteiger partial charge in [0.05, 0.1) is 7.11 Å². The summed E-state index contributed by atoms with van der Waals surface area (Å²) in [5.74, 6) is 2.23. The van der Waals surface area contributed by atoms with E-state index in [1.165, 1.54) is 0 Å². The summed E-state index contributed by atoms with van der Waals surface area (Å²) in [5.41, 5.74) is 1.91. The molecule has 0 amide bonds. The number of nitrogens with zero attached hydrogens (tertiary/aromatic N) is 2. The van der Waals surface area contributed by atoms with Crippen molar-refractivity contribution in [3.8, 4) is 22.9 Å². The Morgan fingerprint density at radius 3 is 2.62 bits per heavy atom. The van der Waals surface area contributed by atoms with E-state index in [0.29, 0.717) is 43.0 Å². The Morgan fingerprint density at radius 1 is 1.08 bits per heavy atom. The molecule has 7 heteroatoms. The Morgan fingerprint density at radius 2 is 1.88 bits per heavy atom. The molecule has 3 rings (SSSR count). The zero-order valence-electron chi connectivity index (χ0n) is 14.6. The minimum Gasteiger partial charge on any atom is -0.493 e. The highest BCUT2D eigenvalue weighted by Crippen LogP contribution is 2.36. The first-order chi connectivity index (χ1) is 12.7. The number of benzene rings is 2. The molecule has 136 valence electrons. The van der Waals surface area contributed by atoms with Crippen LogP contribution in [-0.4, -0.2) is 23.9 Å². The topological polar surface area (TPSA) is 66.6 Å². The molecule has 2 aromatic carbocycles. The summed E-state index contributed by atoms with van der Waals surface area (Å²) >= 11 is 2.23. The van der Waals surface area contributed by atoms with E-state index in [1.54, 1.807) is 7.11 Å². The van der Waals surface area contributed by atoms with Crippen LogP contribution in [0, 0.1) is 3.57 Å². The van der Waals surface area contributed by atoms with E-state index >= 15 is 0 Å². The van der Waals surface area contributed by atoms with Crippen molar-refractivity contribution >= 4 is 22.6 Å². The molecule has 1 heterocycles. The second-order valence-corrected chi connectivity index (χ2v) is 6.57. The second-order valence-electron chi connectivity index (χ2n) is 5.41. The van der Waals surface area contributed by atoms with Crippen molar-refractivity contribution < 1.29 is 18.7 Å². The third-order valence-corrected chi connectivity index (χ3v) is 4.52. The Bertz CT molecular complexity index is 852. The Hall–Kier alpha value is -2.13. The monoisotopic (exact) mass is 466 g/mol. The maximum atomic E-state index is 5.93. The summed E-state index contributed by atoms with van der Waals surface area (Å²) in [4.78, 5) is 4.37. The number of rotatable bonds is 8. The fourth-order valence-corrected chi connectivity index (χ4v) is 3.01. The fourth-order valence-electron chi connectivity index (χ4n) is 2.33. The minimum atomic E-state index is 0.301. The zero-order valence-corrected chi connectivity index (χ0v) is 16.7. The molecule has 0 aliphatic rings. The van der Waals surface area contributed by atoms with Crippen LogP contribution in [0.1, 0.15) is 18.4 Å². The van der Waals surface area contributed by atoms with Crippen LogP contribution < -0.4 is 9.47 Å². The highest BCUT2D eigenvalue weighted by atomic mass is 127. The zero-order chi connectivity index (χ0) is 18.4. The van der Waals surface area contributed by atoms with Gasteiger partial charge < -0.3 is 18.7 Å². The lowest BCUT2D eigenvalue weighted by molar-refractivity contribution is 0.109. The van der Waals surface area contributed by atoms with Crippen LogP contribution in [0.25, 0.3) is 11.4 Å².